The highest BCUT2D eigenvalue weighted by Gasteiger charge is 2.22. The fourth-order valence-corrected chi connectivity index (χ4v) is 4.08. The third-order valence-corrected chi connectivity index (χ3v) is 5.30. The molecule has 4 heteroatoms. The van der Waals surface area contributed by atoms with Crippen LogP contribution in [0.1, 0.15) is 45.0 Å². The first-order chi connectivity index (χ1) is 10.0. The predicted octanol–water partition coefficient (Wildman–Crippen LogP) is 4.05. The number of hydrogen-bond acceptors (Lipinski definition) is 3. The molecule has 1 aliphatic rings. The average molecular weight is 303 g/mol. The van der Waals surface area contributed by atoms with Gasteiger partial charge >= 0.3 is 0 Å². The molecule has 0 saturated carbocycles. The van der Waals surface area contributed by atoms with E-state index in [0.717, 1.165) is 35.2 Å². The van der Waals surface area contributed by atoms with E-state index in [2.05, 4.69) is 13.0 Å². The van der Waals surface area contributed by atoms with Crippen molar-refractivity contribution in [1.82, 2.24) is 4.90 Å². The summed E-state index contributed by atoms with van der Waals surface area (Å²) in [5, 5.41) is 0. The fraction of sp³-hybridized carbons (Fsp3) is 0.471. The van der Waals surface area contributed by atoms with Crippen molar-refractivity contribution >= 4 is 17.2 Å². The van der Waals surface area contributed by atoms with Crippen LogP contribution in [0.2, 0.25) is 0 Å². The zero-order valence-corrected chi connectivity index (χ0v) is 13.6. The molecule has 1 aliphatic carbocycles. The smallest absolute Gasteiger partial charge is 0.264 e. The van der Waals surface area contributed by atoms with E-state index < -0.39 is 0 Å². The second kappa shape index (κ2) is 5.68. The van der Waals surface area contributed by atoms with Crippen LogP contribution in [-0.2, 0) is 19.4 Å². The molecule has 0 fully saturated rings. The summed E-state index contributed by atoms with van der Waals surface area (Å²) < 4.78 is 5.55. The first kappa shape index (κ1) is 14.4. The van der Waals surface area contributed by atoms with E-state index in [1.54, 1.807) is 16.2 Å². The van der Waals surface area contributed by atoms with Crippen LogP contribution in [0.25, 0.3) is 0 Å². The maximum atomic E-state index is 12.5. The van der Waals surface area contributed by atoms with Gasteiger partial charge in [0.15, 0.2) is 0 Å². The number of nitrogens with zero attached hydrogens (tertiary/aromatic N) is 1. The molecule has 0 spiro atoms. The third kappa shape index (κ3) is 3.05. The van der Waals surface area contributed by atoms with Gasteiger partial charge in [-0.2, -0.15) is 0 Å². The van der Waals surface area contributed by atoms with Gasteiger partial charge in [-0.05, 0) is 55.9 Å². The van der Waals surface area contributed by atoms with Gasteiger partial charge in [0.2, 0.25) is 0 Å². The maximum Gasteiger partial charge on any atom is 0.264 e. The van der Waals surface area contributed by atoms with Crippen molar-refractivity contribution in [3.8, 4) is 0 Å². The van der Waals surface area contributed by atoms with Crippen molar-refractivity contribution in [3.63, 3.8) is 0 Å². The quantitative estimate of drug-likeness (QED) is 0.857. The molecule has 2 heterocycles. The second-order valence-corrected chi connectivity index (χ2v) is 7.22. The fourth-order valence-electron chi connectivity index (χ4n) is 2.87. The van der Waals surface area contributed by atoms with Gasteiger partial charge < -0.3 is 9.32 Å². The third-order valence-electron chi connectivity index (χ3n) is 4.08. The molecule has 2 aromatic rings. The number of aryl methyl sites for hydroxylation is 2. The van der Waals surface area contributed by atoms with Crippen molar-refractivity contribution < 1.29 is 9.21 Å². The van der Waals surface area contributed by atoms with E-state index in [9.17, 15) is 4.79 Å². The summed E-state index contributed by atoms with van der Waals surface area (Å²) in [6.45, 7) is 4.72. The summed E-state index contributed by atoms with van der Waals surface area (Å²) in [6.07, 6.45) is 3.47. The van der Waals surface area contributed by atoms with Gasteiger partial charge in [-0.1, -0.05) is 6.92 Å². The molecule has 0 N–H and O–H groups in total. The highest BCUT2D eigenvalue weighted by molar-refractivity contribution is 7.14. The van der Waals surface area contributed by atoms with Crippen LogP contribution in [-0.4, -0.2) is 17.9 Å². The Balaban J connectivity index is 1.72. The molecule has 0 saturated heterocycles. The Bertz CT molecular complexity index is 656. The largest absolute Gasteiger partial charge is 0.464 e. The molecule has 2 aromatic heterocycles. The number of carbonyl (C=O) groups is 1. The molecule has 112 valence electrons. The van der Waals surface area contributed by atoms with Crippen molar-refractivity contribution in [2.45, 2.75) is 39.7 Å². The number of hydrogen-bond donors (Lipinski definition) is 0. The van der Waals surface area contributed by atoms with E-state index in [1.807, 2.05) is 26.1 Å². The highest BCUT2D eigenvalue weighted by atomic mass is 32.1. The highest BCUT2D eigenvalue weighted by Crippen LogP contribution is 2.32. The lowest BCUT2D eigenvalue weighted by Gasteiger charge is -2.16. The molecule has 1 amide bonds. The summed E-state index contributed by atoms with van der Waals surface area (Å²) in [7, 11) is 1.83. The number of carbonyl (C=O) groups excluding carboxylic acids is 1. The van der Waals surface area contributed by atoms with Crippen molar-refractivity contribution in [2.24, 2.45) is 5.92 Å². The van der Waals surface area contributed by atoms with Crippen molar-refractivity contribution in [3.05, 3.63) is 45.0 Å². The molecule has 0 aromatic carbocycles. The summed E-state index contributed by atoms with van der Waals surface area (Å²) >= 11 is 1.67. The zero-order valence-electron chi connectivity index (χ0n) is 12.8. The maximum absolute atomic E-state index is 12.5. The van der Waals surface area contributed by atoms with Crippen LogP contribution < -0.4 is 0 Å². The van der Waals surface area contributed by atoms with Gasteiger partial charge in [0.25, 0.3) is 5.91 Å². The van der Waals surface area contributed by atoms with Gasteiger partial charge in [-0.15, -0.1) is 11.3 Å². The van der Waals surface area contributed by atoms with Gasteiger partial charge in [0, 0.05) is 11.9 Å². The molecule has 3 nitrogen and oxygen atoms in total. The molecule has 1 atom stereocenters. The first-order valence-corrected chi connectivity index (χ1v) is 8.27. The number of fused-ring (bicyclic) bond motifs is 1. The molecule has 0 bridgehead atoms. The molecule has 21 heavy (non-hydrogen) atoms. The van der Waals surface area contributed by atoms with Gasteiger partial charge in [0.1, 0.15) is 11.5 Å². The topological polar surface area (TPSA) is 33.5 Å². The van der Waals surface area contributed by atoms with E-state index in [4.69, 9.17) is 4.42 Å². The molecule has 3 rings (SSSR count). The van der Waals surface area contributed by atoms with E-state index in [1.165, 1.54) is 16.9 Å². The number of thiophene rings is 1. The standard InChI is InChI=1S/C17H21NO2S/c1-11-4-7-15-13(8-11)9-16(21-15)17(19)18(3)10-14-6-5-12(2)20-14/h5-6,9,11H,4,7-8,10H2,1-3H3/t11-/m1/s1. The number of rotatable bonds is 3. The predicted molar refractivity (Wildman–Crippen MR) is 84.8 cm³/mol. The first-order valence-electron chi connectivity index (χ1n) is 7.45. The van der Waals surface area contributed by atoms with Crippen molar-refractivity contribution in [2.75, 3.05) is 7.05 Å². The Hall–Kier alpha value is -1.55. The lowest BCUT2D eigenvalue weighted by molar-refractivity contribution is 0.0779. The number of amides is 1. The summed E-state index contributed by atoms with van der Waals surface area (Å²) in [6, 6.07) is 5.96. The van der Waals surface area contributed by atoms with Crippen LogP contribution in [0.15, 0.2) is 22.6 Å². The van der Waals surface area contributed by atoms with Gasteiger partial charge in [0.05, 0.1) is 11.4 Å². The van der Waals surface area contributed by atoms with Gasteiger partial charge in [-0.3, -0.25) is 4.79 Å². The van der Waals surface area contributed by atoms with Crippen molar-refractivity contribution in [1.29, 1.82) is 0 Å². The van der Waals surface area contributed by atoms with E-state index >= 15 is 0 Å². The van der Waals surface area contributed by atoms with Crippen LogP contribution in [0.5, 0.6) is 0 Å². The summed E-state index contributed by atoms with van der Waals surface area (Å²) in [5.74, 6) is 2.54. The Morgan fingerprint density at radius 1 is 1.48 bits per heavy atom. The van der Waals surface area contributed by atoms with Crippen LogP contribution in [0.4, 0.5) is 0 Å². The van der Waals surface area contributed by atoms with E-state index in [-0.39, 0.29) is 5.91 Å². The minimum atomic E-state index is 0.0936. The SMILES string of the molecule is Cc1ccc(CN(C)C(=O)c2cc3c(s2)CC[C@@H](C)C3)o1. The number of furan rings is 1. The molecule has 0 unspecified atom stereocenters. The zero-order chi connectivity index (χ0) is 15.0. The normalized spacial score (nSPS) is 17.6. The molecule has 0 radical (unpaired) electrons. The lowest BCUT2D eigenvalue weighted by atomic mass is 9.90. The molecule has 0 aliphatic heterocycles. The Labute approximate surface area is 129 Å². The van der Waals surface area contributed by atoms with Crippen LogP contribution >= 0.6 is 11.3 Å². The average Bonchev–Trinajstić information content (AvgIpc) is 3.03. The molecular formula is C17H21NO2S. The van der Waals surface area contributed by atoms with Gasteiger partial charge in [-0.25, -0.2) is 0 Å². The Morgan fingerprint density at radius 3 is 3.00 bits per heavy atom. The van der Waals surface area contributed by atoms with Crippen LogP contribution in [0, 0.1) is 12.8 Å². The van der Waals surface area contributed by atoms with E-state index in [0.29, 0.717) is 6.54 Å². The lowest BCUT2D eigenvalue weighted by Crippen LogP contribution is -2.25. The second-order valence-electron chi connectivity index (χ2n) is 6.08. The molecular weight excluding hydrogens is 282 g/mol. The minimum Gasteiger partial charge on any atom is -0.464 e. The van der Waals surface area contributed by atoms with Crippen LogP contribution in [0.3, 0.4) is 0 Å². The Morgan fingerprint density at radius 2 is 2.29 bits per heavy atom. The summed E-state index contributed by atoms with van der Waals surface area (Å²) in [4.78, 5) is 16.5. The minimum absolute atomic E-state index is 0.0936. The summed E-state index contributed by atoms with van der Waals surface area (Å²) in [5.41, 5.74) is 1.38. The Kier molecular flexibility index (Phi) is 3.89. The monoisotopic (exact) mass is 303 g/mol.